The fourth-order valence-corrected chi connectivity index (χ4v) is 2.63. The molecule has 2 atom stereocenters. The molecule has 1 fully saturated rings. The second-order valence-electron chi connectivity index (χ2n) is 5.44. The summed E-state index contributed by atoms with van der Waals surface area (Å²) in [6.07, 6.45) is 3.84. The Balaban J connectivity index is 2.69. The average molecular weight is 180 g/mol. The lowest BCUT2D eigenvalue weighted by Gasteiger charge is -2.29. The summed E-state index contributed by atoms with van der Waals surface area (Å²) in [5.74, 6) is 0.873. The zero-order valence-electron chi connectivity index (χ0n) is 9.91. The molecule has 76 valence electrons. The molecule has 0 amide bonds. The van der Waals surface area contributed by atoms with Crippen LogP contribution in [0.3, 0.4) is 0 Å². The molecule has 0 aromatic rings. The predicted molar refractivity (Wildman–Crippen MR) is 59.7 cm³/mol. The fourth-order valence-electron chi connectivity index (χ4n) is 2.63. The van der Waals surface area contributed by atoms with Crippen molar-refractivity contribution in [2.24, 2.45) is 16.7 Å². The van der Waals surface area contributed by atoms with Gasteiger partial charge in [0.25, 0.3) is 0 Å². The van der Waals surface area contributed by atoms with Crippen molar-refractivity contribution in [1.29, 1.82) is 0 Å². The van der Waals surface area contributed by atoms with Crippen LogP contribution < -0.4 is 0 Å². The summed E-state index contributed by atoms with van der Waals surface area (Å²) in [5, 5.41) is 0. The molecular weight excluding hydrogens is 156 g/mol. The number of rotatable bonds is 4. The lowest BCUT2D eigenvalue weighted by molar-refractivity contribution is 0.303. The standard InChI is InChI=1S/C13H24/c1-7-10(3)12(4,5)11-9-13(11,6)8-2/h11H,3,7-9H2,1-2,4-6H3. The molecule has 0 aromatic carbocycles. The van der Waals surface area contributed by atoms with E-state index in [1.54, 1.807) is 0 Å². The third-order valence-electron chi connectivity index (χ3n) is 4.37. The zero-order chi connectivity index (χ0) is 10.3. The van der Waals surface area contributed by atoms with Crippen LogP contribution in [0.1, 0.15) is 53.9 Å². The lowest BCUT2D eigenvalue weighted by Crippen LogP contribution is -2.20. The minimum atomic E-state index is 0.361. The normalized spacial score (nSPS) is 33.2. The summed E-state index contributed by atoms with van der Waals surface area (Å²) < 4.78 is 0. The highest BCUT2D eigenvalue weighted by Crippen LogP contribution is 2.64. The lowest BCUT2D eigenvalue weighted by atomic mass is 9.76. The van der Waals surface area contributed by atoms with Crippen LogP contribution in [-0.2, 0) is 0 Å². The van der Waals surface area contributed by atoms with Gasteiger partial charge in [-0.15, -0.1) is 0 Å². The molecule has 0 radical (unpaired) electrons. The third kappa shape index (κ3) is 1.68. The van der Waals surface area contributed by atoms with Gasteiger partial charge >= 0.3 is 0 Å². The summed E-state index contributed by atoms with van der Waals surface area (Å²) in [4.78, 5) is 0. The topological polar surface area (TPSA) is 0 Å². The minimum Gasteiger partial charge on any atom is -0.0993 e. The molecule has 0 aromatic heterocycles. The van der Waals surface area contributed by atoms with Gasteiger partial charge in [0.1, 0.15) is 0 Å². The quantitative estimate of drug-likeness (QED) is 0.562. The van der Waals surface area contributed by atoms with E-state index in [9.17, 15) is 0 Å². The van der Waals surface area contributed by atoms with Crippen LogP contribution in [0.5, 0.6) is 0 Å². The van der Waals surface area contributed by atoms with Crippen molar-refractivity contribution in [3.8, 4) is 0 Å². The summed E-state index contributed by atoms with van der Waals surface area (Å²) in [6, 6.07) is 0. The molecule has 0 heterocycles. The van der Waals surface area contributed by atoms with Gasteiger partial charge in [0, 0.05) is 0 Å². The van der Waals surface area contributed by atoms with E-state index in [4.69, 9.17) is 0 Å². The van der Waals surface area contributed by atoms with Crippen molar-refractivity contribution in [3.63, 3.8) is 0 Å². The Hall–Kier alpha value is -0.260. The third-order valence-corrected chi connectivity index (χ3v) is 4.37. The van der Waals surface area contributed by atoms with Crippen molar-refractivity contribution in [3.05, 3.63) is 12.2 Å². The van der Waals surface area contributed by atoms with Crippen molar-refractivity contribution < 1.29 is 0 Å². The monoisotopic (exact) mass is 180 g/mol. The first kappa shape index (κ1) is 10.8. The van der Waals surface area contributed by atoms with Gasteiger partial charge in [-0.2, -0.15) is 0 Å². The van der Waals surface area contributed by atoms with E-state index in [1.807, 2.05) is 0 Å². The van der Waals surface area contributed by atoms with Crippen molar-refractivity contribution in [1.82, 2.24) is 0 Å². The van der Waals surface area contributed by atoms with Gasteiger partial charge in [-0.3, -0.25) is 0 Å². The summed E-state index contributed by atoms with van der Waals surface area (Å²) in [7, 11) is 0. The highest BCUT2D eigenvalue weighted by atomic mass is 14.6. The second kappa shape index (κ2) is 3.15. The van der Waals surface area contributed by atoms with E-state index in [0.717, 1.165) is 12.3 Å². The summed E-state index contributed by atoms with van der Waals surface area (Å²) >= 11 is 0. The van der Waals surface area contributed by atoms with E-state index in [2.05, 4.69) is 41.2 Å². The van der Waals surface area contributed by atoms with Gasteiger partial charge in [-0.1, -0.05) is 53.2 Å². The Kier molecular flexibility index (Phi) is 2.62. The number of hydrogen-bond acceptors (Lipinski definition) is 0. The minimum absolute atomic E-state index is 0.361. The predicted octanol–water partition coefficient (Wildman–Crippen LogP) is 4.42. The van der Waals surface area contributed by atoms with Gasteiger partial charge < -0.3 is 0 Å². The summed E-state index contributed by atoms with van der Waals surface area (Å²) in [6.45, 7) is 15.9. The van der Waals surface area contributed by atoms with Crippen LogP contribution in [0, 0.1) is 16.7 Å². The fraction of sp³-hybridized carbons (Fsp3) is 0.846. The Labute approximate surface area is 83.4 Å². The SMILES string of the molecule is C=C(CC)C(C)(C)C1CC1(C)CC. The van der Waals surface area contributed by atoms with Crippen molar-refractivity contribution in [2.75, 3.05) is 0 Å². The van der Waals surface area contributed by atoms with Crippen LogP contribution in [0.25, 0.3) is 0 Å². The molecule has 1 aliphatic rings. The van der Waals surface area contributed by atoms with E-state index in [1.165, 1.54) is 18.4 Å². The molecule has 0 N–H and O–H groups in total. The Morgan fingerprint density at radius 1 is 1.46 bits per heavy atom. The first-order chi connectivity index (χ1) is 5.88. The molecule has 13 heavy (non-hydrogen) atoms. The molecule has 0 spiro atoms. The van der Waals surface area contributed by atoms with E-state index in [0.29, 0.717) is 10.8 Å². The van der Waals surface area contributed by atoms with Gasteiger partial charge in [0.05, 0.1) is 0 Å². The molecular formula is C13H24. The first-order valence-electron chi connectivity index (χ1n) is 5.56. The maximum Gasteiger partial charge on any atom is -0.0114 e. The molecule has 0 heteroatoms. The summed E-state index contributed by atoms with van der Waals surface area (Å²) in [5.41, 5.74) is 2.40. The molecule has 0 aliphatic heterocycles. The van der Waals surface area contributed by atoms with Gasteiger partial charge in [-0.05, 0) is 29.6 Å². The second-order valence-corrected chi connectivity index (χ2v) is 5.44. The number of allylic oxidation sites excluding steroid dienone is 1. The molecule has 0 saturated heterocycles. The van der Waals surface area contributed by atoms with Crippen molar-refractivity contribution in [2.45, 2.75) is 53.9 Å². The van der Waals surface area contributed by atoms with E-state index in [-0.39, 0.29) is 0 Å². The average Bonchev–Trinajstić information content (AvgIpc) is 2.78. The highest BCUT2D eigenvalue weighted by Gasteiger charge is 2.55. The van der Waals surface area contributed by atoms with Crippen LogP contribution in [0.4, 0.5) is 0 Å². The molecule has 1 aliphatic carbocycles. The molecule has 0 bridgehead atoms. The van der Waals surface area contributed by atoms with Crippen molar-refractivity contribution >= 4 is 0 Å². The number of hydrogen-bond donors (Lipinski definition) is 0. The first-order valence-corrected chi connectivity index (χ1v) is 5.56. The van der Waals surface area contributed by atoms with E-state index < -0.39 is 0 Å². The van der Waals surface area contributed by atoms with E-state index >= 15 is 0 Å². The van der Waals surface area contributed by atoms with Crippen LogP contribution in [0.15, 0.2) is 12.2 Å². The van der Waals surface area contributed by atoms with Crippen LogP contribution in [0.2, 0.25) is 0 Å². The van der Waals surface area contributed by atoms with Crippen LogP contribution >= 0.6 is 0 Å². The molecule has 0 nitrogen and oxygen atoms in total. The Morgan fingerprint density at radius 3 is 2.31 bits per heavy atom. The molecule has 2 unspecified atom stereocenters. The smallest absolute Gasteiger partial charge is 0.0114 e. The van der Waals surface area contributed by atoms with Crippen LogP contribution in [-0.4, -0.2) is 0 Å². The Bertz CT molecular complexity index is 212. The molecule has 1 rings (SSSR count). The van der Waals surface area contributed by atoms with Gasteiger partial charge in [-0.25, -0.2) is 0 Å². The largest absolute Gasteiger partial charge is 0.0993 e. The van der Waals surface area contributed by atoms with Gasteiger partial charge in [0.15, 0.2) is 0 Å². The molecule has 1 saturated carbocycles. The highest BCUT2D eigenvalue weighted by molar-refractivity contribution is 5.17. The Morgan fingerprint density at radius 2 is 2.00 bits per heavy atom. The maximum absolute atomic E-state index is 4.21. The maximum atomic E-state index is 4.21. The van der Waals surface area contributed by atoms with Gasteiger partial charge in [0.2, 0.25) is 0 Å². The zero-order valence-corrected chi connectivity index (χ0v) is 9.91.